The Morgan fingerprint density at radius 2 is 2.04 bits per heavy atom. The van der Waals surface area contributed by atoms with E-state index in [2.05, 4.69) is 17.6 Å². The molecular formula is C19H28ClN3O2. The maximum atomic E-state index is 13.1. The smallest absolute Gasteiger partial charge is 0.247 e. The molecule has 0 saturated carbocycles. The van der Waals surface area contributed by atoms with Crippen molar-refractivity contribution in [2.24, 2.45) is 5.92 Å². The molecule has 3 rings (SSSR count). The van der Waals surface area contributed by atoms with Gasteiger partial charge in [-0.1, -0.05) is 37.3 Å². The van der Waals surface area contributed by atoms with E-state index in [9.17, 15) is 9.59 Å². The maximum Gasteiger partial charge on any atom is 0.247 e. The van der Waals surface area contributed by atoms with Crippen LogP contribution < -0.4 is 10.6 Å². The van der Waals surface area contributed by atoms with Gasteiger partial charge in [0.2, 0.25) is 11.8 Å². The molecule has 5 nitrogen and oxygen atoms in total. The van der Waals surface area contributed by atoms with Crippen LogP contribution in [0.25, 0.3) is 0 Å². The molecule has 25 heavy (non-hydrogen) atoms. The number of carbonyl (C=O) groups excluding carboxylic acids is 2. The molecule has 2 heterocycles. The predicted molar refractivity (Wildman–Crippen MR) is 101 cm³/mol. The van der Waals surface area contributed by atoms with E-state index in [4.69, 9.17) is 0 Å². The molecule has 2 N–H and O–H groups in total. The lowest BCUT2D eigenvalue weighted by atomic mass is 9.94. The number of benzene rings is 1. The molecule has 2 aliphatic heterocycles. The topological polar surface area (TPSA) is 61.4 Å². The van der Waals surface area contributed by atoms with Gasteiger partial charge in [-0.3, -0.25) is 9.59 Å². The van der Waals surface area contributed by atoms with Crippen LogP contribution in [0.4, 0.5) is 0 Å². The molecule has 2 saturated heterocycles. The normalized spacial score (nSPS) is 25.0. The van der Waals surface area contributed by atoms with Crippen molar-refractivity contribution in [2.75, 3.05) is 19.6 Å². The molecule has 0 aliphatic carbocycles. The van der Waals surface area contributed by atoms with Gasteiger partial charge < -0.3 is 15.5 Å². The lowest BCUT2D eigenvalue weighted by molar-refractivity contribution is -0.143. The van der Waals surface area contributed by atoms with E-state index in [0.29, 0.717) is 18.9 Å². The summed E-state index contributed by atoms with van der Waals surface area (Å²) in [6, 6.07) is 9.33. The van der Waals surface area contributed by atoms with E-state index in [0.717, 1.165) is 37.9 Å². The first-order chi connectivity index (χ1) is 11.7. The highest BCUT2D eigenvalue weighted by Gasteiger charge is 2.34. The zero-order valence-electron chi connectivity index (χ0n) is 14.7. The van der Waals surface area contributed by atoms with Crippen LogP contribution in [0.5, 0.6) is 0 Å². The van der Waals surface area contributed by atoms with Gasteiger partial charge in [0.25, 0.3) is 0 Å². The zero-order valence-corrected chi connectivity index (χ0v) is 15.6. The molecule has 0 bridgehead atoms. The lowest BCUT2D eigenvalue weighted by Crippen LogP contribution is -2.52. The second-order valence-electron chi connectivity index (χ2n) is 6.94. The number of rotatable bonds is 4. The fourth-order valence-corrected chi connectivity index (χ4v) is 3.70. The van der Waals surface area contributed by atoms with Crippen LogP contribution in [0.2, 0.25) is 0 Å². The van der Waals surface area contributed by atoms with Crippen LogP contribution in [0.1, 0.15) is 44.2 Å². The van der Waals surface area contributed by atoms with Crippen molar-refractivity contribution >= 4 is 24.2 Å². The van der Waals surface area contributed by atoms with Crippen molar-refractivity contribution < 1.29 is 9.59 Å². The predicted octanol–water partition coefficient (Wildman–Crippen LogP) is 2.28. The number of piperidine rings is 2. The van der Waals surface area contributed by atoms with Crippen LogP contribution in [0.3, 0.4) is 0 Å². The molecule has 3 unspecified atom stereocenters. The summed E-state index contributed by atoms with van der Waals surface area (Å²) in [7, 11) is 0. The fraction of sp³-hybridized carbons (Fsp3) is 0.579. The molecule has 1 aromatic rings. The molecule has 0 radical (unpaired) electrons. The minimum absolute atomic E-state index is 0. The maximum absolute atomic E-state index is 13.1. The average molecular weight is 366 g/mol. The van der Waals surface area contributed by atoms with Crippen LogP contribution in [0.15, 0.2) is 30.3 Å². The van der Waals surface area contributed by atoms with Crippen LogP contribution in [-0.4, -0.2) is 42.4 Å². The summed E-state index contributed by atoms with van der Waals surface area (Å²) in [4.78, 5) is 27.2. The zero-order chi connectivity index (χ0) is 16.9. The monoisotopic (exact) mass is 365 g/mol. The van der Waals surface area contributed by atoms with Gasteiger partial charge in [0.15, 0.2) is 0 Å². The van der Waals surface area contributed by atoms with E-state index >= 15 is 0 Å². The minimum atomic E-state index is -0.513. The molecule has 2 amide bonds. The summed E-state index contributed by atoms with van der Waals surface area (Å²) in [5, 5.41) is 6.57. The number of halogens is 1. The Hall–Kier alpha value is -1.59. The highest BCUT2D eigenvalue weighted by Crippen LogP contribution is 2.26. The summed E-state index contributed by atoms with van der Waals surface area (Å²) < 4.78 is 0. The number of nitrogens with zero attached hydrogens (tertiary/aromatic N) is 1. The van der Waals surface area contributed by atoms with Crippen molar-refractivity contribution in [3.05, 3.63) is 35.9 Å². The SMILES string of the molecule is CC1CNCCC1NC(=O)C(c1ccccc1)N1CCCCC1=O.Cl. The first-order valence-corrected chi connectivity index (χ1v) is 9.02. The molecule has 3 atom stereocenters. The highest BCUT2D eigenvalue weighted by atomic mass is 35.5. The van der Waals surface area contributed by atoms with Gasteiger partial charge in [0.05, 0.1) is 0 Å². The molecule has 2 fully saturated rings. The van der Waals surface area contributed by atoms with E-state index in [1.807, 2.05) is 30.3 Å². The van der Waals surface area contributed by atoms with Crippen molar-refractivity contribution in [3.63, 3.8) is 0 Å². The van der Waals surface area contributed by atoms with Crippen molar-refractivity contribution in [2.45, 2.75) is 44.7 Å². The largest absolute Gasteiger partial charge is 0.351 e. The summed E-state index contributed by atoms with van der Waals surface area (Å²) in [5.41, 5.74) is 0.895. The van der Waals surface area contributed by atoms with Crippen LogP contribution >= 0.6 is 12.4 Å². The molecule has 138 valence electrons. The quantitative estimate of drug-likeness (QED) is 0.860. The number of hydrogen-bond donors (Lipinski definition) is 2. The highest BCUT2D eigenvalue weighted by molar-refractivity contribution is 5.89. The number of amides is 2. The van der Waals surface area contributed by atoms with Crippen molar-refractivity contribution in [3.8, 4) is 0 Å². The second-order valence-corrected chi connectivity index (χ2v) is 6.94. The van der Waals surface area contributed by atoms with E-state index in [1.165, 1.54) is 0 Å². The summed E-state index contributed by atoms with van der Waals surface area (Å²) in [5.74, 6) is 0.440. The van der Waals surface area contributed by atoms with Gasteiger partial charge >= 0.3 is 0 Å². The second kappa shape index (κ2) is 9.20. The Kier molecular flexibility index (Phi) is 7.26. The Morgan fingerprint density at radius 3 is 2.72 bits per heavy atom. The van der Waals surface area contributed by atoms with Crippen molar-refractivity contribution in [1.29, 1.82) is 0 Å². The summed E-state index contributed by atoms with van der Waals surface area (Å²) in [6.45, 7) is 4.66. The van der Waals surface area contributed by atoms with E-state index in [-0.39, 0.29) is 30.3 Å². The summed E-state index contributed by atoms with van der Waals surface area (Å²) >= 11 is 0. The Bertz CT molecular complexity index is 581. The number of carbonyl (C=O) groups is 2. The van der Waals surface area contributed by atoms with Crippen LogP contribution in [-0.2, 0) is 9.59 Å². The van der Waals surface area contributed by atoms with E-state index < -0.39 is 6.04 Å². The Labute approximate surface area is 155 Å². The molecule has 6 heteroatoms. The van der Waals surface area contributed by atoms with E-state index in [1.54, 1.807) is 4.90 Å². The lowest BCUT2D eigenvalue weighted by Gasteiger charge is -2.36. The summed E-state index contributed by atoms with van der Waals surface area (Å²) in [6.07, 6.45) is 3.36. The number of likely N-dealkylation sites (tertiary alicyclic amines) is 1. The molecule has 0 aromatic heterocycles. The van der Waals surface area contributed by atoms with Gasteiger partial charge in [-0.15, -0.1) is 12.4 Å². The molecule has 0 spiro atoms. The third-order valence-electron chi connectivity index (χ3n) is 5.15. The number of hydrogen-bond acceptors (Lipinski definition) is 3. The van der Waals surface area contributed by atoms with Gasteiger partial charge in [0.1, 0.15) is 6.04 Å². The van der Waals surface area contributed by atoms with Gasteiger partial charge in [-0.25, -0.2) is 0 Å². The fourth-order valence-electron chi connectivity index (χ4n) is 3.70. The minimum Gasteiger partial charge on any atom is -0.351 e. The number of nitrogens with one attached hydrogen (secondary N) is 2. The Morgan fingerprint density at radius 1 is 1.28 bits per heavy atom. The third-order valence-corrected chi connectivity index (χ3v) is 5.15. The molecule has 1 aromatic carbocycles. The third kappa shape index (κ3) is 4.73. The Balaban J connectivity index is 0.00000225. The first kappa shape index (κ1) is 19.7. The first-order valence-electron chi connectivity index (χ1n) is 9.02. The molecular weight excluding hydrogens is 338 g/mol. The standard InChI is InChI=1S/C19H27N3O2.ClH/c1-14-13-20-11-10-16(14)21-19(24)18(15-7-3-2-4-8-15)22-12-6-5-9-17(22)23;/h2-4,7-8,14,16,18,20H,5-6,9-13H2,1H3,(H,21,24);1H. The average Bonchev–Trinajstić information content (AvgIpc) is 2.60. The van der Waals surface area contributed by atoms with Gasteiger partial charge in [-0.05, 0) is 43.8 Å². The van der Waals surface area contributed by atoms with Gasteiger partial charge in [0, 0.05) is 19.0 Å². The van der Waals surface area contributed by atoms with Crippen molar-refractivity contribution in [1.82, 2.24) is 15.5 Å². The molecule has 2 aliphatic rings. The van der Waals surface area contributed by atoms with Crippen LogP contribution in [0, 0.1) is 5.92 Å². The van der Waals surface area contributed by atoms with Gasteiger partial charge in [-0.2, -0.15) is 0 Å².